The fourth-order valence-electron chi connectivity index (χ4n) is 4.31. The summed E-state index contributed by atoms with van der Waals surface area (Å²) in [6.07, 6.45) is 6.02. The largest absolute Gasteiger partial charge is 0.244 e. The highest BCUT2D eigenvalue weighted by Gasteiger charge is 2.58. The highest BCUT2D eigenvalue weighted by molar-refractivity contribution is 7.89. The van der Waals surface area contributed by atoms with E-state index in [0.717, 1.165) is 24.0 Å². The molecule has 3 nitrogen and oxygen atoms in total. The summed E-state index contributed by atoms with van der Waals surface area (Å²) < 4.78 is 28.3. The maximum absolute atomic E-state index is 13.3. The van der Waals surface area contributed by atoms with Crippen LogP contribution in [0, 0.1) is 12.8 Å². The van der Waals surface area contributed by atoms with Crippen LogP contribution in [0.15, 0.2) is 59.5 Å². The summed E-state index contributed by atoms with van der Waals surface area (Å²) in [5.74, 6) is 0.485. The van der Waals surface area contributed by atoms with Crippen molar-refractivity contribution in [1.82, 2.24) is 4.31 Å². The van der Waals surface area contributed by atoms with Crippen LogP contribution in [0.5, 0.6) is 0 Å². The number of benzene rings is 2. The van der Waals surface area contributed by atoms with Crippen molar-refractivity contribution in [3.63, 3.8) is 0 Å². The predicted octanol–water partition coefficient (Wildman–Crippen LogP) is 4.69. The SMILES string of the molecule is Cc1ccc(S(=O)(=O)N2[C@H](c3ccccc3)[C@@H]2C2CCCCC2)cc1. The normalized spacial score (nSPS) is 27.2. The second-order valence-electron chi connectivity index (χ2n) is 7.39. The lowest BCUT2D eigenvalue weighted by molar-refractivity contribution is 0.335. The summed E-state index contributed by atoms with van der Waals surface area (Å²) in [4.78, 5) is 0.414. The first-order valence-corrected chi connectivity index (χ1v) is 10.7. The Bertz CT molecular complexity index is 824. The third-order valence-electron chi connectivity index (χ3n) is 5.67. The molecule has 2 aliphatic rings. The maximum Gasteiger partial charge on any atom is 0.244 e. The zero-order chi connectivity index (χ0) is 17.4. The molecule has 1 unspecified atom stereocenters. The molecule has 1 saturated carbocycles. The molecular weight excluding hydrogens is 330 g/mol. The van der Waals surface area contributed by atoms with Gasteiger partial charge in [-0.2, -0.15) is 4.31 Å². The molecular formula is C21H25NO2S. The van der Waals surface area contributed by atoms with E-state index in [2.05, 4.69) is 12.1 Å². The molecule has 0 aromatic heterocycles. The van der Waals surface area contributed by atoms with Crippen LogP contribution >= 0.6 is 0 Å². The first-order chi connectivity index (χ1) is 12.1. The van der Waals surface area contributed by atoms with Crippen molar-refractivity contribution in [3.05, 3.63) is 65.7 Å². The maximum atomic E-state index is 13.3. The molecule has 1 aliphatic carbocycles. The number of hydrogen-bond acceptors (Lipinski definition) is 2. The molecule has 1 aliphatic heterocycles. The molecule has 0 spiro atoms. The molecule has 4 heteroatoms. The van der Waals surface area contributed by atoms with E-state index >= 15 is 0 Å². The average molecular weight is 356 g/mol. The monoisotopic (exact) mass is 355 g/mol. The van der Waals surface area contributed by atoms with Crippen LogP contribution in [0.2, 0.25) is 0 Å². The zero-order valence-corrected chi connectivity index (χ0v) is 15.5. The van der Waals surface area contributed by atoms with Gasteiger partial charge in [0.2, 0.25) is 10.0 Å². The Balaban J connectivity index is 1.68. The van der Waals surface area contributed by atoms with Gasteiger partial charge in [-0.3, -0.25) is 0 Å². The van der Waals surface area contributed by atoms with Crippen molar-refractivity contribution < 1.29 is 8.42 Å². The quantitative estimate of drug-likeness (QED) is 0.746. The van der Waals surface area contributed by atoms with E-state index < -0.39 is 10.0 Å². The van der Waals surface area contributed by atoms with Crippen LogP contribution in [0.25, 0.3) is 0 Å². The highest BCUT2D eigenvalue weighted by atomic mass is 32.2. The minimum Gasteiger partial charge on any atom is -0.207 e. The molecule has 3 atom stereocenters. The molecule has 2 fully saturated rings. The minimum atomic E-state index is -3.45. The molecule has 4 rings (SSSR count). The lowest BCUT2D eigenvalue weighted by Gasteiger charge is -2.21. The molecule has 0 N–H and O–H groups in total. The third-order valence-corrected chi connectivity index (χ3v) is 7.57. The molecule has 1 heterocycles. The molecule has 2 aromatic carbocycles. The van der Waals surface area contributed by atoms with E-state index in [4.69, 9.17) is 0 Å². The van der Waals surface area contributed by atoms with Crippen molar-refractivity contribution in [1.29, 1.82) is 0 Å². The second-order valence-corrected chi connectivity index (χ2v) is 9.24. The summed E-state index contributed by atoms with van der Waals surface area (Å²) in [5, 5.41) is 0. The fourth-order valence-corrected chi connectivity index (χ4v) is 6.13. The van der Waals surface area contributed by atoms with Gasteiger partial charge in [0.25, 0.3) is 0 Å². The van der Waals surface area contributed by atoms with E-state index in [1.165, 1.54) is 19.3 Å². The Hall–Kier alpha value is -1.65. The Morgan fingerprint density at radius 1 is 0.880 bits per heavy atom. The number of rotatable bonds is 4. The van der Waals surface area contributed by atoms with Crippen molar-refractivity contribution in [2.45, 2.75) is 56.0 Å². The summed E-state index contributed by atoms with van der Waals surface area (Å²) in [7, 11) is -3.45. The van der Waals surface area contributed by atoms with Gasteiger partial charge in [-0.1, -0.05) is 67.3 Å². The lowest BCUT2D eigenvalue weighted by Crippen LogP contribution is -2.21. The molecule has 132 valence electrons. The van der Waals surface area contributed by atoms with Crippen LogP contribution < -0.4 is 0 Å². The van der Waals surface area contributed by atoms with Gasteiger partial charge in [-0.05, 0) is 43.4 Å². The molecule has 0 amide bonds. The van der Waals surface area contributed by atoms with Crippen LogP contribution in [0.1, 0.15) is 49.3 Å². The van der Waals surface area contributed by atoms with E-state index in [1.54, 1.807) is 16.4 Å². The smallest absolute Gasteiger partial charge is 0.207 e. The molecule has 2 aromatic rings. The van der Waals surface area contributed by atoms with Gasteiger partial charge in [-0.15, -0.1) is 0 Å². The summed E-state index contributed by atoms with van der Waals surface area (Å²) >= 11 is 0. The van der Waals surface area contributed by atoms with Gasteiger partial charge in [0, 0.05) is 6.04 Å². The van der Waals surface area contributed by atoms with Crippen molar-refractivity contribution in [2.75, 3.05) is 0 Å². The van der Waals surface area contributed by atoms with E-state index in [9.17, 15) is 8.42 Å². The zero-order valence-electron chi connectivity index (χ0n) is 14.6. The van der Waals surface area contributed by atoms with Gasteiger partial charge >= 0.3 is 0 Å². The Morgan fingerprint density at radius 2 is 1.52 bits per heavy atom. The molecule has 0 bridgehead atoms. The average Bonchev–Trinajstić information content (AvgIpc) is 3.40. The van der Waals surface area contributed by atoms with Crippen LogP contribution in [-0.4, -0.2) is 18.8 Å². The van der Waals surface area contributed by atoms with E-state index in [-0.39, 0.29) is 12.1 Å². The summed E-state index contributed by atoms with van der Waals surface area (Å²) in [6, 6.07) is 17.5. The number of sulfonamides is 1. The van der Waals surface area contributed by atoms with E-state index in [0.29, 0.717) is 10.8 Å². The number of aryl methyl sites for hydroxylation is 1. The summed E-state index contributed by atoms with van der Waals surface area (Å²) in [6.45, 7) is 1.98. The topological polar surface area (TPSA) is 37.1 Å². The van der Waals surface area contributed by atoms with Gasteiger partial charge < -0.3 is 0 Å². The van der Waals surface area contributed by atoms with E-state index in [1.807, 2.05) is 37.3 Å². The van der Waals surface area contributed by atoms with Crippen LogP contribution in [0.3, 0.4) is 0 Å². The van der Waals surface area contributed by atoms with Gasteiger partial charge in [0.05, 0.1) is 10.9 Å². The van der Waals surface area contributed by atoms with Crippen molar-refractivity contribution in [2.24, 2.45) is 5.92 Å². The van der Waals surface area contributed by atoms with Gasteiger partial charge in [0.15, 0.2) is 0 Å². The number of hydrogen-bond donors (Lipinski definition) is 0. The molecule has 25 heavy (non-hydrogen) atoms. The third kappa shape index (κ3) is 3.13. The van der Waals surface area contributed by atoms with Crippen molar-refractivity contribution >= 4 is 10.0 Å². The first kappa shape index (κ1) is 16.8. The van der Waals surface area contributed by atoms with Crippen LogP contribution in [0.4, 0.5) is 0 Å². The lowest BCUT2D eigenvalue weighted by atomic mass is 9.85. The fraction of sp³-hybridized carbons (Fsp3) is 0.429. The van der Waals surface area contributed by atoms with Crippen molar-refractivity contribution in [3.8, 4) is 0 Å². The predicted molar refractivity (Wildman–Crippen MR) is 99.7 cm³/mol. The van der Waals surface area contributed by atoms with Crippen LogP contribution in [-0.2, 0) is 10.0 Å². The Kier molecular flexibility index (Phi) is 4.42. The van der Waals surface area contributed by atoms with Gasteiger partial charge in [-0.25, -0.2) is 8.42 Å². The van der Waals surface area contributed by atoms with Gasteiger partial charge in [0.1, 0.15) is 0 Å². The first-order valence-electron chi connectivity index (χ1n) is 9.24. The number of nitrogens with zero attached hydrogens (tertiary/aromatic N) is 1. The minimum absolute atomic E-state index is 0.00407. The Morgan fingerprint density at radius 3 is 2.16 bits per heavy atom. The standard InChI is InChI=1S/C21H25NO2S/c1-16-12-14-19(15-13-16)25(23,24)22-20(17-8-4-2-5-9-17)21(22)18-10-6-3-7-11-18/h2,4-5,8-9,12-15,18,20-21H,3,6-7,10-11H2,1H3/t20-,21+,22?/m1/s1. The Labute approximate surface area is 150 Å². The molecule has 0 radical (unpaired) electrons. The molecule has 1 saturated heterocycles. The summed E-state index contributed by atoms with van der Waals surface area (Å²) in [5.41, 5.74) is 2.20. The highest BCUT2D eigenvalue weighted by Crippen LogP contribution is 2.53. The second kappa shape index (κ2) is 6.58.